The van der Waals surface area contributed by atoms with Crippen LogP contribution in [0.3, 0.4) is 0 Å². The van der Waals surface area contributed by atoms with Gasteiger partial charge < -0.3 is 30.0 Å². The molecule has 0 bridgehead atoms. The molecular weight excluding hydrogens is 423 g/mol. The van der Waals surface area contributed by atoms with Crippen LogP contribution in [0.15, 0.2) is 23.8 Å². The van der Waals surface area contributed by atoms with E-state index in [1.165, 1.54) is 0 Å². The number of rotatable bonds is 11. The number of aliphatic carboxylic acids is 1. The number of carbonyl (C=O) groups is 2. The molecule has 32 heavy (non-hydrogen) atoms. The minimum atomic E-state index is -1.34. The van der Waals surface area contributed by atoms with Crippen molar-refractivity contribution in [2.45, 2.75) is 90.1 Å². The first-order valence-electron chi connectivity index (χ1n) is 11.5. The molecular formula is C24H37NaO7. The molecule has 2 aliphatic carbocycles. The number of ether oxygens (including phenoxy) is 1. The SMILES string of the molecule is CCC[C@H](C)C(=O)O[C@@H]1C[C@H](O)C=C2C=C[C@H](C)[C@H](CC[C@@H](O)C[C@@H](O)CC(=O)[O-])[C@H]21.[Na+]. The van der Waals surface area contributed by atoms with Crippen molar-refractivity contribution in [1.29, 1.82) is 0 Å². The quantitative estimate of drug-likeness (QED) is 0.253. The first-order chi connectivity index (χ1) is 14.6. The number of esters is 1. The maximum Gasteiger partial charge on any atom is 1.00 e. The second kappa shape index (κ2) is 13.9. The van der Waals surface area contributed by atoms with Gasteiger partial charge in [-0.15, -0.1) is 0 Å². The molecule has 0 saturated carbocycles. The summed E-state index contributed by atoms with van der Waals surface area (Å²) < 4.78 is 5.89. The molecule has 0 unspecified atom stereocenters. The fourth-order valence-electron chi connectivity index (χ4n) is 4.90. The van der Waals surface area contributed by atoms with Crippen molar-refractivity contribution >= 4 is 11.9 Å². The second-order valence-electron chi connectivity index (χ2n) is 9.24. The zero-order valence-electron chi connectivity index (χ0n) is 19.8. The Bertz CT molecular complexity index is 677. The van der Waals surface area contributed by atoms with Crippen LogP contribution in [-0.2, 0) is 14.3 Å². The summed E-state index contributed by atoms with van der Waals surface area (Å²) in [7, 11) is 0. The molecule has 0 fully saturated rings. The van der Waals surface area contributed by atoms with Crippen LogP contribution in [0.4, 0.5) is 0 Å². The first-order valence-corrected chi connectivity index (χ1v) is 11.5. The van der Waals surface area contributed by atoms with E-state index in [2.05, 4.69) is 13.0 Å². The number of hydrogen-bond acceptors (Lipinski definition) is 7. The number of hydrogen-bond donors (Lipinski definition) is 3. The topological polar surface area (TPSA) is 127 Å². The molecule has 2 aliphatic rings. The fourth-order valence-corrected chi connectivity index (χ4v) is 4.90. The number of aliphatic hydroxyl groups excluding tert-OH is 3. The number of aliphatic hydroxyl groups is 3. The first kappa shape index (κ1) is 29.3. The van der Waals surface area contributed by atoms with Gasteiger partial charge in [0, 0.05) is 24.7 Å². The van der Waals surface area contributed by atoms with Crippen molar-refractivity contribution < 1.29 is 64.3 Å². The van der Waals surface area contributed by atoms with Crippen LogP contribution in [0.2, 0.25) is 0 Å². The van der Waals surface area contributed by atoms with Crippen LogP contribution in [0.1, 0.15) is 65.7 Å². The van der Waals surface area contributed by atoms with Crippen molar-refractivity contribution in [3.05, 3.63) is 23.8 Å². The van der Waals surface area contributed by atoms with Gasteiger partial charge in [0.05, 0.1) is 24.2 Å². The summed E-state index contributed by atoms with van der Waals surface area (Å²) >= 11 is 0. The molecule has 0 aromatic carbocycles. The van der Waals surface area contributed by atoms with Crippen molar-refractivity contribution in [3.63, 3.8) is 0 Å². The summed E-state index contributed by atoms with van der Waals surface area (Å²) in [4.78, 5) is 23.2. The standard InChI is InChI=1S/C24H38O7.Na/c1-4-5-15(3)24(30)31-21-12-18(26)10-16-7-6-14(2)20(23(16)21)9-8-17(25)11-19(27)13-22(28)29;/h6-7,10,14-15,17-21,23,25-27H,4-5,8-9,11-13H2,1-3H3,(H,28,29);/q;+1/p-1/t14-,15-,17+,18+,19+,20-,21+,23-;/m0./s1. The third kappa shape index (κ3) is 8.58. The number of carboxylic acids is 1. The molecule has 0 radical (unpaired) electrons. The number of allylic oxidation sites excluding steroid dienone is 2. The molecule has 176 valence electrons. The van der Waals surface area contributed by atoms with Gasteiger partial charge in [0.15, 0.2) is 0 Å². The van der Waals surface area contributed by atoms with Gasteiger partial charge in [0.25, 0.3) is 0 Å². The summed E-state index contributed by atoms with van der Waals surface area (Å²) in [5.41, 5.74) is 0.953. The predicted octanol–water partition coefficient (Wildman–Crippen LogP) is -1.50. The van der Waals surface area contributed by atoms with Crippen LogP contribution in [0.25, 0.3) is 0 Å². The minimum Gasteiger partial charge on any atom is -0.550 e. The molecule has 8 heteroatoms. The minimum absolute atomic E-state index is 0. The summed E-state index contributed by atoms with van der Waals surface area (Å²) in [6.07, 6.45) is 5.29. The predicted molar refractivity (Wildman–Crippen MR) is 113 cm³/mol. The average molecular weight is 461 g/mol. The molecule has 3 N–H and O–H groups in total. The summed E-state index contributed by atoms with van der Waals surface area (Å²) in [5.74, 6) is -1.57. The molecule has 0 heterocycles. The molecule has 0 saturated heterocycles. The Balaban J connectivity index is 0.00000512. The van der Waals surface area contributed by atoms with Crippen LogP contribution < -0.4 is 34.7 Å². The van der Waals surface area contributed by atoms with Crippen molar-refractivity contribution in [2.75, 3.05) is 0 Å². The third-order valence-corrected chi connectivity index (χ3v) is 6.54. The Kier molecular flexibility index (Phi) is 12.7. The van der Waals surface area contributed by atoms with Gasteiger partial charge in [-0.2, -0.15) is 0 Å². The van der Waals surface area contributed by atoms with Crippen LogP contribution in [-0.4, -0.2) is 51.7 Å². The zero-order chi connectivity index (χ0) is 23.1. The summed E-state index contributed by atoms with van der Waals surface area (Å²) in [5, 5.41) is 40.9. The molecule has 0 aromatic heterocycles. The van der Waals surface area contributed by atoms with E-state index in [1.807, 2.05) is 26.0 Å². The Morgan fingerprint density at radius 3 is 2.56 bits per heavy atom. The van der Waals surface area contributed by atoms with Gasteiger partial charge in [-0.05, 0) is 43.1 Å². The molecule has 0 aliphatic heterocycles. The van der Waals surface area contributed by atoms with E-state index in [9.17, 15) is 30.0 Å². The van der Waals surface area contributed by atoms with Crippen LogP contribution in [0, 0.1) is 23.7 Å². The van der Waals surface area contributed by atoms with Crippen LogP contribution in [0.5, 0.6) is 0 Å². The van der Waals surface area contributed by atoms with E-state index in [0.29, 0.717) is 19.3 Å². The zero-order valence-corrected chi connectivity index (χ0v) is 21.8. The maximum atomic E-state index is 12.6. The monoisotopic (exact) mass is 460 g/mol. The van der Waals surface area contributed by atoms with Gasteiger partial charge in [0.1, 0.15) is 6.10 Å². The summed E-state index contributed by atoms with van der Waals surface area (Å²) in [6, 6.07) is 0. The molecule has 0 amide bonds. The summed E-state index contributed by atoms with van der Waals surface area (Å²) in [6.45, 7) is 5.96. The molecule has 0 aromatic rings. The molecule has 2 rings (SSSR count). The molecule has 8 atom stereocenters. The third-order valence-electron chi connectivity index (χ3n) is 6.54. The van der Waals surface area contributed by atoms with Gasteiger partial charge >= 0.3 is 35.5 Å². The Morgan fingerprint density at radius 2 is 1.94 bits per heavy atom. The van der Waals surface area contributed by atoms with Crippen molar-refractivity contribution in [2.24, 2.45) is 23.7 Å². The van der Waals surface area contributed by atoms with Crippen LogP contribution >= 0.6 is 0 Å². The van der Waals surface area contributed by atoms with E-state index in [-0.39, 0.29) is 65.6 Å². The largest absolute Gasteiger partial charge is 1.00 e. The van der Waals surface area contributed by atoms with E-state index in [4.69, 9.17) is 4.74 Å². The number of fused-ring (bicyclic) bond motifs is 1. The number of carboxylic acid groups (broad SMARTS) is 1. The fraction of sp³-hybridized carbons (Fsp3) is 0.750. The van der Waals surface area contributed by atoms with Crippen molar-refractivity contribution in [1.82, 2.24) is 0 Å². The smallest absolute Gasteiger partial charge is 0.550 e. The average Bonchev–Trinajstić information content (AvgIpc) is 2.66. The second-order valence-corrected chi connectivity index (χ2v) is 9.24. The Labute approximate surface area is 213 Å². The van der Waals surface area contributed by atoms with Gasteiger partial charge in [0.2, 0.25) is 0 Å². The van der Waals surface area contributed by atoms with E-state index in [1.54, 1.807) is 0 Å². The van der Waals surface area contributed by atoms with Gasteiger partial charge in [-0.1, -0.05) is 45.4 Å². The van der Waals surface area contributed by atoms with E-state index >= 15 is 0 Å². The molecule has 0 spiro atoms. The Morgan fingerprint density at radius 1 is 1.25 bits per heavy atom. The van der Waals surface area contributed by atoms with E-state index < -0.39 is 36.8 Å². The maximum absolute atomic E-state index is 12.6. The molecule has 7 nitrogen and oxygen atoms in total. The van der Waals surface area contributed by atoms with Gasteiger partial charge in [-0.25, -0.2) is 0 Å². The number of carbonyl (C=O) groups excluding carboxylic acids is 2. The Hall–Kier alpha value is -0.700. The van der Waals surface area contributed by atoms with Crippen molar-refractivity contribution in [3.8, 4) is 0 Å². The van der Waals surface area contributed by atoms with Gasteiger partial charge in [-0.3, -0.25) is 4.79 Å². The normalized spacial score (nSPS) is 29.7. The van der Waals surface area contributed by atoms with E-state index in [0.717, 1.165) is 18.4 Å².